The number of hydrogen-bond donors (Lipinski definition) is 2. The Morgan fingerprint density at radius 3 is 2.85 bits per heavy atom. The fraction of sp³-hybridized carbons (Fsp3) is 0.615. The average Bonchev–Trinajstić information content (AvgIpc) is 2.38. The Labute approximate surface area is 118 Å². The highest BCUT2D eigenvalue weighted by Crippen LogP contribution is 2.18. The van der Waals surface area contributed by atoms with E-state index in [0.29, 0.717) is 13.1 Å². The molecule has 1 saturated heterocycles. The Kier molecular flexibility index (Phi) is 4.39. The van der Waals surface area contributed by atoms with E-state index >= 15 is 0 Å². The molecule has 2 rings (SSSR count). The van der Waals surface area contributed by atoms with Crippen LogP contribution in [0.25, 0.3) is 0 Å². The molecule has 0 bridgehead atoms. The lowest BCUT2D eigenvalue weighted by Gasteiger charge is -2.37. The molecule has 0 saturated carbocycles. The number of nitrogens with one attached hydrogen (secondary N) is 1. The lowest BCUT2D eigenvalue weighted by atomic mass is 10.2. The molecule has 7 nitrogen and oxygen atoms in total. The molecule has 0 aromatic carbocycles. The molecule has 1 atom stereocenters. The molecule has 1 fully saturated rings. The summed E-state index contributed by atoms with van der Waals surface area (Å²) in [5.74, 6) is 0.727. The Morgan fingerprint density at radius 2 is 2.20 bits per heavy atom. The van der Waals surface area contributed by atoms with Gasteiger partial charge in [0.05, 0.1) is 0 Å². The second kappa shape index (κ2) is 6.04. The van der Waals surface area contributed by atoms with Gasteiger partial charge in [0, 0.05) is 31.7 Å². The van der Waals surface area contributed by atoms with Gasteiger partial charge in [-0.15, -0.1) is 0 Å². The van der Waals surface area contributed by atoms with Crippen LogP contribution in [0.1, 0.15) is 13.8 Å². The summed E-state index contributed by atoms with van der Waals surface area (Å²) >= 11 is 0. The summed E-state index contributed by atoms with van der Waals surface area (Å²) in [6, 6.07) is 1.65. The number of carboxylic acid groups (broad SMARTS) is 1. The minimum atomic E-state index is -0.799. The van der Waals surface area contributed by atoms with Crippen molar-refractivity contribution in [3.63, 3.8) is 0 Å². The summed E-state index contributed by atoms with van der Waals surface area (Å²) in [5.41, 5.74) is 0. The SMILES string of the molecule is CC(C)Nc1cc(N2CCN(C)[C@@H](C(=O)O)C2)ncn1. The molecule has 1 aliphatic rings. The van der Waals surface area contributed by atoms with E-state index in [0.717, 1.165) is 18.2 Å². The molecule has 1 aliphatic heterocycles. The van der Waals surface area contributed by atoms with Crippen LogP contribution in [0.4, 0.5) is 11.6 Å². The van der Waals surface area contributed by atoms with Crippen LogP contribution < -0.4 is 10.2 Å². The molecule has 0 unspecified atom stereocenters. The van der Waals surface area contributed by atoms with E-state index in [4.69, 9.17) is 0 Å². The zero-order chi connectivity index (χ0) is 14.7. The Hall–Kier alpha value is -1.89. The normalized spacial score (nSPS) is 20.2. The van der Waals surface area contributed by atoms with E-state index in [9.17, 15) is 9.90 Å². The molecule has 2 N–H and O–H groups in total. The van der Waals surface area contributed by atoms with E-state index in [1.165, 1.54) is 6.33 Å². The van der Waals surface area contributed by atoms with Gasteiger partial charge in [0.2, 0.25) is 0 Å². The Bertz CT molecular complexity index is 480. The maximum Gasteiger partial charge on any atom is 0.322 e. The van der Waals surface area contributed by atoms with Crippen molar-refractivity contribution < 1.29 is 9.90 Å². The fourth-order valence-corrected chi connectivity index (χ4v) is 2.24. The zero-order valence-corrected chi connectivity index (χ0v) is 12.1. The van der Waals surface area contributed by atoms with Crippen LogP contribution in [0, 0.1) is 0 Å². The second-order valence-corrected chi connectivity index (χ2v) is 5.34. The van der Waals surface area contributed by atoms with Crippen molar-refractivity contribution in [1.29, 1.82) is 0 Å². The number of carboxylic acids is 1. The molecule has 110 valence electrons. The second-order valence-electron chi connectivity index (χ2n) is 5.34. The van der Waals surface area contributed by atoms with Gasteiger partial charge in [0.1, 0.15) is 24.0 Å². The third-order valence-electron chi connectivity index (χ3n) is 3.35. The number of carbonyl (C=O) groups is 1. The molecule has 7 heteroatoms. The summed E-state index contributed by atoms with van der Waals surface area (Å²) in [5, 5.41) is 12.5. The number of anilines is 2. The summed E-state index contributed by atoms with van der Waals surface area (Å²) in [6.07, 6.45) is 1.51. The number of rotatable bonds is 4. The topological polar surface area (TPSA) is 81.6 Å². The van der Waals surface area contributed by atoms with Gasteiger partial charge in [-0.25, -0.2) is 9.97 Å². The number of hydrogen-bond acceptors (Lipinski definition) is 6. The van der Waals surface area contributed by atoms with Crippen LogP contribution in [0.15, 0.2) is 12.4 Å². The highest BCUT2D eigenvalue weighted by molar-refractivity contribution is 5.74. The van der Waals surface area contributed by atoms with Crippen LogP contribution in [0.5, 0.6) is 0 Å². The van der Waals surface area contributed by atoms with E-state index in [-0.39, 0.29) is 6.04 Å². The smallest absolute Gasteiger partial charge is 0.322 e. The number of aliphatic carboxylic acids is 1. The lowest BCUT2D eigenvalue weighted by molar-refractivity contribution is -0.142. The minimum Gasteiger partial charge on any atom is -0.480 e. The Morgan fingerprint density at radius 1 is 1.45 bits per heavy atom. The molecule has 0 aliphatic carbocycles. The first-order valence-electron chi connectivity index (χ1n) is 6.74. The van der Waals surface area contributed by atoms with Crippen LogP contribution in [-0.4, -0.2) is 64.7 Å². The summed E-state index contributed by atoms with van der Waals surface area (Å²) in [7, 11) is 1.84. The van der Waals surface area contributed by atoms with Crippen molar-refractivity contribution >= 4 is 17.6 Å². The van der Waals surface area contributed by atoms with Crippen molar-refractivity contribution in [2.24, 2.45) is 0 Å². The number of likely N-dealkylation sites (N-methyl/N-ethyl adjacent to an activating group) is 1. The summed E-state index contributed by atoms with van der Waals surface area (Å²) < 4.78 is 0. The first kappa shape index (κ1) is 14.5. The van der Waals surface area contributed by atoms with Crippen molar-refractivity contribution in [1.82, 2.24) is 14.9 Å². The third-order valence-corrected chi connectivity index (χ3v) is 3.35. The van der Waals surface area contributed by atoms with Gasteiger partial charge in [-0.05, 0) is 20.9 Å². The monoisotopic (exact) mass is 279 g/mol. The van der Waals surface area contributed by atoms with Gasteiger partial charge >= 0.3 is 5.97 Å². The van der Waals surface area contributed by atoms with E-state index in [2.05, 4.69) is 15.3 Å². The van der Waals surface area contributed by atoms with Crippen LogP contribution in [0.3, 0.4) is 0 Å². The fourth-order valence-electron chi connectivity index (χ4n) is 2.24. The molecular weight excluding hydrogens is 258 g/mol. The standard InChI is InChI=1S/C13H21N5O2/c1-9(2)16-11-6-12(15-8-14-11)18-5-4-17(3)10(7-18)13(19)20/h6,8-10H,4-5,7H2,1-3H3,(H,19,20)(H,14,15,16)/t10-/m1/s1. The van der Waals surface area contributed by atoms with Gasteiger partial charge in [0.25, 0.3) is 0 Å². The molecule has 1 aromatic heterocycles. The maximum atomic E-state index is 11.2. The Balaban J connectivity index is 2.13. The first-order valence-corrected chi connectivity index (χ1v) is 6.74. The molecule has 0 radical (unpaired) electrons. The lowest BCUT2D eigenvalue weighted by Crippen LogP contribution is -2.55. The van der Waals surface area contributed by atoms with Gasteiger partial charge in [-0.2, -0.15) is 0 Å². The maximum absolute atomic E-state index is 11.2. The van der Waals surface area contributed by atoms with Gasteiger partial charge in [-0.3, -0.25) is 9.69 Å². The van der Waals surface area contributed by atoms with Crippen LogP contribution in [0.2, 0.25) is 0 Å². The molecule has 2 heterocycles. The van der Waals surface area contributed by atoms with Gasteiger partial charge in [0.15, 0.2) is 0 Å². The van der Waals surface area contributed by atoms with Crippen LogP contribution >= 0.6 is 0 Å². The highest BCUT2D eigenvalue weighted by atomic mass is 16.4. The first-order chi connectivity index (χ1) is 9.47. The van der Waals surface area contributed by atoms with Crippen molar-refractivity contribution in [2.75, 3.05) is 36.9 Å². The third kappa shape index (κ3) is 3.36. The molecule has 0 spiro atoms. The molecule has 20 heavy (non-hydrogen) atoms. The number of nitrogens with zero attached hydrogens (tertiary/aromatic N) is 4. The molecule has 1 aromatic rings. The van der Waals surface area contributed by atoms with Crippen LogP contribution in [-0.2, 0) is 4.79 Å². The van der Waals surface area contributed by atoms with Gasteiger partial charge < -0.3 is 15.3 Å². The number of piperazine rings is 1. The van der Waals surface area contributed by atoms with Gasteiger partial charge in [-0.1, -0.05) is 0 Å². The largest absolute Gasteiger partial charge is 0.480 e. The summed E-state index contributed by atoms with van der Waals surface area (Å²) in [4.78, 5) is 23.5. The van der Waals surface area contributed by atoms with E-state index < -0.39 is 12.0 Å². The zero-order valence-electron chi connectivity index (χ0n) is 12.1. The van der Waals surface area contributed by atoms with Crippen molar-refractivity contribution in [2.45, 2.75) is 25.9 Å². The predicted octanol–water partition coefficient (Wildman–Crippen LogP) is 0.502. The quantitative estimate of drug-likeness (QED) is 0.830. The summed E-state index contributed by atoms with van der Waals surface area (Å²) in [6.45, 7) is 5.98. The molecule has 0 amide bonds. The van der Waals surface area contributed by atoms with E-state index in [1.54, 1.807) is 0 Å². The van der Waals surface area contributed by atoms with Crippen molar-refractivity contribution in [3.8, 4) is 0 Å². The van der Waals surface area contributed by atoms with Crippen molar-refractivity contribution in [3.05, 3.63) is 12.4 Å². The van der Waals surface area contributed by atoms with E-state index in [1.807, 2.05) is 36.8 Å². The number of aromatic nitrogens is 2. The average molecular weight is 279 g/mol. The predicted molar refractivity (Wildman–Crippen MR) is 77.1 cm³/mol. The molecular formula is C13H21N5O2. The minimum absolute atomic E-state index is 0.289. The highest BCUT2D eigenvalue weighted by Gasteiger charge is 2.30.